The van der Waals surface area contributed by atoms with Gasteiger partial charge in [-0.15, -0.1) is 0 Å². The Labute approximate surface area is 434 Å². The maximum atomic E-state index is 5.15. The fraction of sp³-hybridized carbons (Fsp3) is 0.0290. The summed E-state index contributed by atoms with van der Waals surface area (Å²) >= 11 is 0. The van der Waals surface area contributed by atoms with E-state index < -0.39 is 0 Å². The van der Waals surface area contributed by atoms with E-state index in [1.807, 2.05) is 48.8 Å². The highest BCUT2D eigenvalue weighted by atomic mass is 15.0. The van der Waals surface area contributed by atoms with Crippen LogP contribution in [0.3, 0.4) is 0 Å². The number of hydrogen-bond donors (Lipinski definition) is 0. The third kappa shape index (κ3) is 7.21. The number of hydrogen-bond acceptors (Lipinski definition) is 5. The predicted molar refractivity (Wildman–Crippen MR) is 303 cm³/mol. The molecule has 75 heavy (non-hydrogen) atoms. The van der Waals surface area contributed by atoms with E-state index >= 15 is 0 Å². The molecule has 6 heteroatoms. The lowest BCUT2D eigenvalue weighted by molar-refractivity contribution is 0.755. The SMILES string of the molecule is c1ccc(-c2cnc(-c3ccc4c(c3)C3c5ccccc5C4c4cc(-c5ccc(-c6nc(-c7ccccc7)nc(-c7ccc(-c8ccc9c(c8)c8ccccc8n9-c8ccccc8)cc7)n6)cc5)ccc43)cn2)cc1. The normalized spacial score (nSPS) is 14.1. The molecule has 2 atom stereocenters. The number of benzene rings is 10. The quantitative estimate of drug-likeness (QED) is 0.152. The van der Waals surface area contributed by atoms with E-state index in [0.717, 1.165) is 61.6 Å². The van der Waals surface area contributed by atoms with Crippen molar-refractivity contribution in [1.82, 2.24) is 29.5 Å². The van der Waals surface area contributed by atoms with E-state index in [4.69, 9.17) is 24.9 Å². The minimum atomic E-state index is 0.126. The first-order valence-electron chi connectivity index (χ1n) is 25.5. The van der Waals surface area contributed by atoms with Crippen LogP contribution in [0.2, 0.25) is 0 Å². The molecular weight excluding hydrogens is 913 g/mol. The van der Waals surface area contributed by atoms with Crippen molar-refractivity contribution < 1.29 is 0 Å². The summed E-state index contributed by atoms with van der Waals surface area (Å²) in [6, 6.07) is 86.6. The third-order valence-electron chi connectivity index (χ3n) is 15.4. The van der Waals surface area contributed by atoms with Gasteiger partial charge in [0.1, 0.15) is 0 Å². The van der Waals surface area contributed by atoms with Gasteiger partial charge >= 0.3 is 0 Å². The van der Waals surface area contributed by atoms with Gasteiger partial charge in [0.2, 0.25) is 0 Å². The molecule has 3 aliphatic rings. The number of fused-ring (bicyclic) bond motifs is 3. The van der Waals surface area contributed by atoms with Crippen molar-refractivity contribution in [2.75, 3.05) is 0 Å². The molecule has 3 aromatic heterocycles. The van der Waals surface area contributed by atoms with Crippen molar-refractivity contribution in [3.05, 3.63) is 288 Å². The lowest BCUT2D eigenvalue weighted by atomic mass is 9.60. The average molecular weight is 957 g/mol. The Morgan fingerprint density at radius 2 is 0.667 bits per heavy atom. The molecule has 0 saturated carbocycles. The van der Waals surface area contributed by atoms with Crippen LogP contribution in [0.1, 0.15) is 45.2 Å². The molecule has 0 radical (unpaired) electrons. The largest absolute Gasteiger partial charge is 0.309 e. The zero-order chi connectivity index (χ0) is 49.4. The molecule has 16 rings (SSSR count). The van der Waals surface area contributed by atoms with Crippen LogP contribution in [0.4, 0.5) is 0 Å². The molecule has 0 fully saturated rings. The minimum absolute atomic E-state index is 0.126. The Bertz CT molecular complexity index is 4320. The first-order valence-corrected chi connectivity index (χ1v) is 25.5. The van der Waals surface area contributed by atoms with Crippen molar-refractivity contribution in [1.29, 1.82) is 0 Å². The zero-order valence-electron chi connectivity index (χ0n) is 40.6. The standard InChI is InChI=1S/C69H44N6/c1-4-14-45(15-5-1)61-41-71-62(42-70-61)51-33-36-57-60(40-51)66-55-22-11-10-21-54(55)65(57)59-39-49(32-35-56(59)66)43-24-28-47(29-25-43)68-72-67(46-16-6-2-7-17-46)73-69(74-68)48-30-26-44(27-31-48)50-34-37-64-58(38-50)53-20-12-13-23-63(53)75(64)52-18-8-3-9-19-52/h1-42,65-66H. The van der Waals surface area contributed by atoms with E-state index in [1.165, 1.54) is 60.8 Å². The second kappa shape index (κ2) is 17.4. The van der Waals surface area contributed by atoms with Crippen LogP contribution in [0.15, 0.2) is 255 Å². The van der Waals surface area contributed by atoms with Crippen LogP contribution in [-0.2, 0) is 0 Å². The molecule has 350 valence electrons. The van der Waals surface area contributed by atoms with Crippen molar-refractivity contribution in [2.24, 2.45) is 0 Å². The number of nitrogens with zero attached hydrogens (tertiary/aromatic N) is 6. The van der Waals surface area contributed by atoms with Gasteiger partial charge in [-0.25, -0.2) is 15.0 Å². The fourth-order valence-corrected chi connectivity index (χ4v) is 11.8. The van der Waals surface area contributed by atoms with Gasteiger partial charge in [0.25, 0.3) is 0 Å². The van der Waals surface area contributed by atoms with Crippen LogP contribution in [0, 0.1) is 0 Å². The molecule has 2 bridgehead atoms. The zero-order valence-corrected chi connectivity index (χ0v) is 40.6. The van der Waals surface area contributed by atoms with Gasteiger partial charge in [0, 0.05) is 56.1 Å². The van der Waals surface area contributed by atoms with E-state index in [0.29, 0.717) is 17.5 Å². The molecule has 0 amide bonds. The van der Waals surface area contributed by atoms with Gasteiger partial charge in [-0.05, 0) is 98.1 Å². The van der Waals surface area contributed by atoms with E-state index in [2.05, 4.69) is 211 Å². The highest BCUT2D eigenvalue weighted by molar-refractivity contribution is 6.10. The Morgan fingerprint density at radius 3 is 1.25 bits per heavy atom. The summed E-state index contributed by atoms with van der Waals surface area (Å²) in [5.74, 6) is 2.14. The van der Waals surface area contributed by atoms with Crippen molar-refractivity contribution >= 4 is 21.8 Å². The van der Waals surface area contributed by atoms with Gasteiger partial charge in [-0.2, -0.15) is 0 Å². The van der Waals surface area contributed by atoms with Crippen LogP contribution in [0.25, 0.3) is 106 Å². The molecule has 0 saturated heterocycles. The number of aromatic nitrogens is 6. The topological polar surface area (TPSA) is 69.4 Å². The highest BCUT2D eigenvalue weighted by Crippen LogP contribution is 2.56. The molecule has 3 aliphatic carbocycles. The van der Waals surface area contributed by atoms with Crippen LogP contribution < -0.4 is 0 Å². The highest BCUT2D eigenvalue weighted by Gasteiger charge is 2.41. The number of rotatable bonds is 8. The lowest BCUT2D eigenvalue weighted by Crippen LogP contribution is -2.27. The Hall–Kier alpha value is -9.91. The summed E-state index contributed by atoms with van der Waals surface area (Å²) in [5, 5.41) is 2.45. The van der Waals surface area contributed by atoms with Gasteiger partial charge in [0.15, 0.2) is 17.5 Å². The maximum Gasteiger partial charge on any atom is 0.164 e. The molecule has 0 N–H and O–H groups in total. The summed E-state index contributed by atoms with van der Waals surface area (Å²) in [4.78, 5) is 25.0. The van der Waals surface area contributed by atoms with Crippen LogP contribution >= 0.6 is 0 Å². The molecule has 10 aromatic carbocycles. The lowest BCUT2D eigenvalue weighted by Gasteiger charge is -2.42. The van der Waals surface area contributed by atoms with E-state index in [-0.39, 0.29) is 11.8 Å². The van der Waals surface area contributed by atoms with Gasteiger partial charge in [-0.3, -0.25) is 9.97 Å². The Morgan fingerprint density at radius 1 is 0.267 bits per heavy atom. The van der Waals surface area contributed by atoms with Gasteiger partial charge in [0.05, 0.1) is 34.8 Å². The summed E-state index contributed by atoms with van der Waals surface area (Å²) in [7, 11) is 0. The van der Waals surface area contributed by atoms with Crippen molar-refractivity contribution in [2.45, 2.75) is 11.8 Å². The monoisotopic (exact) mass is 956 g/mol. The second-order valence-electron chi connectivity index (χ2n) is 19.6. The smallest absolute Gasteiger partial charge is 0.164 e. The number of para-hydroxylation sites is 2. The van der Waals surface area contributed by atoms with Crippen molar-refractivity contribution in [3.63, 3.8) is 0 Å². The summed E-state index contributed by atoms with van der Waals surface area (Å²) in [5.41, 5.74) is 23.0. The predicted octanol–water partition coefficient (Wildman–Crippen LogP) is 16.4. The fourth-order valence-electron chi connectivity index (χ4n) is 11.8. The first-order chi connectivity index (χ1) is 37.2. The molecule has 6 nitrogen and oxygen atoms in total. The first kappa shape index (κ1) is 42.7. The third-order valence-corrected chi connectivity index (χ3v) is 15.4. The maximum absolute atomic E-state index is 5.15. The average Bonchev–Trinajstić information content (AvgIpc) is 3.85. The van der Waals surface area contributed by atoms with Gasteiger partial charge in [-0.1, -0.05) is 200 Å². The molecule has 2 unspecified atom stereocenters. The Kier molecular flexibility index (Phi) is 9.91. The molecular formula is C69H44N6. The molecule has 13 aromatic rings. The van der Waals surface area contributed by atoms with E-state index in [1.54, 1.807) is 0 Å². The summed E-state index contributed by atoms with van der Waals surface area (Å²) < 4.78 is 2.35. The summed E-state index contributed by atoms with van der Waals surface area (Å²) in [6.07, 6.45) is 3.78. The van der Waals surface area contributed by atoms with Gasteiger partial charge < -0.3 is 4.57 Å². The molecule has 0 aliphatic heterocycles. The van der Waals surface area contributed by atoms with Crippen molar-refractivity contribution in [3.8, 4) is 84.6 Å². The van der Waals surface area contributed by atoms with E-state index in [9.17, 15) is 0 Å². The minimum Gasteiger partial charge on any atom is -0.309 e. The molecule has 0 spiro atoms. The van der Waals surface area contributed by atoms with Crippen LogP contribution in [0.5, 0.6) is 0 Å². The second-order valence-corrected chi connectivity index (χ2v) is 19.6. The van der Waals surface area contributed by atoms with Crippen LogP contribution in [-0.4, -0.2) is 29.5 Å². The summed E-state index contributed by atoms with van der Waals surface area (Å²) in [6.45, 7) is 0. The Balaban J connectivity index is 0.742. The molecule has 3 heterocycles.